The Labute approximate surface area is 88.4 Å². The maximum atomic E-state index is 12.6. The lowest BCUT2D eigenvalue weighted by atomic mass is 10.2. The fourth-order valence-corrected chi connectivity index (χ4v) is 1.20. The molecule has 0 saturated carbocycles. The van der Waals surface area contributed by atoms with E-state index in [-0.39, 0.29) is 5.82 Å². The minimum atomic E-state index is -0.236. The second-order valence-corrected chi connectivity index (χ2v) is 3.12. The van der Waals surface area contributed by atoms with E-state index in [4.69, 9.17) is 0 Å². The molecular weight excluding hydrogens is 187 g/mol. The van der Waals surface area contributed by atoms with Crippen LogP contribution in [0.1, 0.15) is 11.1 Å². The van der Waals surface area contributed by atoms with Gasteiger partial charge in [0.15, 0.2) is 0 Å². The normalized spacial score (nSPS) is 9.13. The molecule has 2 aromatic rings. The van der Waals surface area contributed by atoms with Gasteiger partial charge in [-0.2, -0.15) is 0 Å². The molecule has 0 heterocycles. The summed E-state index contributed by atoms with van der Waals surface area (Å²) in [5.41, 5.74) is 1.78. The van der Waals surface area contributed by atoms with Crippen LogP contribution in [0.2, 0.25) is 0 Å². The number of hydrogen-bond donors (Lipinski definition) is 0. The van der Waals surface area contributed by atoms with Crippen molar-refractivity contribution in [2.24, 2.45) is 0 Å². The maximum Gasteiger partial charge on any atom is 0.123 e. The van der Waals surface area contributed by atoms with Gasteiger partial charge in [0.25, 0.3) is 0 Å². The highest BCUT2D eigenvalue weighted by atomic mass is 19.1. The Morgan fingerprint density at radius 1 is 0.667 bits per heavy atom. The van der Waals surface area contributed by atoms with E-state index in [0.717, 1.165) is 11.1 Å². The summed E-state index contributed by atoms with van der Waals surface area (Å²) >= 11 is 0. The Balaban J connectivity index is 2.22. The molecule has 0 fully saturated rings. The van der Waals surface area contributed by atoms with E-state index in [1.165, 1.54) is 12.1 Å². The third-order valence-corrected chi connectivity index (χ3v) is 1.97. The molecule has 0 aromatic heterocycles. The van der Waals surface area contributed by atoms with Gasteiger partial charge in [0.2, 0.25) is 0 Å². The number of benzene rings is 2. The molecule has 1 heteroatoms. The molecule has 2 aromatic carbocycles. The first-order chi connectivity index (χ1) is 7.34. The molecule has 0 atom stereocenters. The third kappa shape index (κ3) is 2.69. The Morgan fingerprint density at radius 3 is 1.80 bits per heavy atom. The molecule has 0 aliphatic heterocycles. The number of rotatable bonds is 0. The van der Waals surface area contributed by atoms with Crippen LogP contribution < -0.4 is 0 Å². The van der Waals surface area contributed by atoms with Gasteiger partial charge in [-0.15, -0.1) is 0 Å². The monoisotopic (exact) mass is 196 g/mol. The number of hydrogen-bond acceptors (Lipinski definition) is 0. The summed E-state index contributed by atoms with van der Waals surface area (Å²) < 4.78 is 12.6. The van der Waals surface area contributed by atoms with Gasteiger partial charge in [0.1, 0.15) is 5.82 Å². The van der Waals surface area contributed by atoms with E-state index < -0.39 is 0 Å². The molecule has 0 N–H and O–H groups in total. The Bertz CT molecular complexity index is 486. The van der Waals surface area contributed by atoms with Crippen LogP contribution in [0, 0.1) is 17.7 Å². The second-order valence-electron chi connectivity index (χ2n) is 3.12. The van der Waals surface area contributed by atoms with Crippen LogP contribution in [0.15, 0.2) is 54.6 Å². The fraction of sp³-hybridized carbons (Fsp3) is 0. The first-order valence-electron chi connectivity index (χ1n) is 4.67. The molecule has 0 unspecified atom stereocenters. The fourth-order valence-electron chi connectivity index (χ4n) is 1.20. The van der Waals surface area contributed by atoms with Crippen LogP contribution in [-0.4, -0.2) is 0 Å². The van der Waals surface area contributed by atoms with Crippen molar-refractivity contribution in [1.82, 2.24) is 0 Å². The molecule has 0 bridgehead atoms. The van der Waals surface area contributed by atoms with Gasteiger partial charge in [-0.3, -0.25) is 0 Å². The Kier molecular flexibility index (Phi) is 2.80. The lowest BCUT2D eigenvalue weighted by Gasteiger charge is -1.89. The predicted octanol–water partition coefficient (Wildman–Crippen LogP) is 3.23. The average molecular weight is 196 g/mol. The van der Waals surface area contributed by atoms with Crippen molar-refractivity contribution in [2.45, 2.75) is 0 Å². The van der Waals surface area contributed by atoms with Gasteiger partial charge in [0, 0.05) is 11.1 Å². The van der Waals surface area contributed by atoms with Crippen molar-refractivity contribution >= 4 is 0 Å². The highest BCUT2D eigenvalue weighted by Gasteiger charge is 1.88. The molecule has 0 aliphatic carbocycles. The second kappa shape index (κ2) is 4.43. The zero-order chi connectivity index (χ0) is 10.5. The number of halogens is 1. The zero-order valence-corrected chi connectivity index (χ0v) is 8.07. The van der Waals surface area contributed by atoms with Crippen molar-refractivity contribution in [2.75, 3.05) is 0 Å². The molecular formula is C14H9F. The lowest BCUT2D eigenvalue weighted by Crippen LogP contribution is -1.76. The van der Waals surface area contributed by atoms with Gasteiger partial charge in [0.05, 0.1) is 0 Å². The molecule has 72 valence electrons. The van der Waals surface area contributed by atoms with E-state index in [0.29, 0.717) is 0 Å². The average Bonchev–Trinajstić information content (AvgIpc) is 2.30. The quantitative estimate of drug-likeness (QED) is 0.567. The summed E-state index contributed by atoms with van der Waals surface area (Å²) in [4.78, 5) is 0. The molecule has 2 rings (SSSR count). The standard InChI is InChI=1S/C14H9F/c15-14-10-8-13(9-11-14)7-6-12-4-2-1-3-5-12/h1-5,8-11H. The van der Waals surface area contributed by atoms with E-state index in [1.807, 2.05) is 30.3 Å². The Morgan fingerprint density at radius 2 is 1.20 bits per heavy atom. The first-order valence-corrected chi connectivity index (χ1v) is 4.67. The van der Waals surface area contributed by atoms with Crippen LogP contribution >= 0.6 is 0 Å². The van der Waals surface area contributed by atoms with Gasteiger partial charge in [-0.25, -0.2) is 4.39 Å². The van der Waals surface area contributed by atoms with Crippen molar-refractivity contribution in [1.29, 1.82) is 0 Å². The highest BCUT2D eigenvalue weighted by molar-refractivity contribution is 5.42. The molecule has 0 spiro atoms. The maximum absolute atomic E-state index is 12.6. The molecule has 0 aliphatic rings. The van der Waals surface area contributed by atoms with Crippen LogP contribution in [0.25, 0.3) is 0 Å². The minimum Gasteiger partial charge on any atom is -0.207 e. The van der Waals surface area contributed by atoms with Gasteiger partial charge < -0.3 is 0 Å². The van der Waals surface area contributed by atoms with E-state index in [9.17, 15) is 4.39 Å². The summed E-state index contributed by atoms with van der Waals surface area (Å²) in [5, 5.41) is 0. The van der Waals surface area contributed by atoms with Crippen molar-refractivity contribution < 1.29 is 4.39 Å². The van der Waals surface area contributed by atoms with Crippen LogP contribution in [0.3, 0.4) is 0 Å². The smallest absolute Gasteiger partial charge is 0.123 e. The molecule has 0 radical (unpaired) electrons. The topological polar surface area (TPSA) is 0 Å². The van der Waals surface area contributed by atoms with E-state index in [1.54, 1.807) is 12.1 Å². The molecule has 0 saturated heterocycles. The largest absolute Gasteiger partial charge is 0.207 e. The molecule has 0 amide bonds. The van der Waals surface area contributed by atoms with Crippen LogP contribution in [0.4, 0.5) is 4.39 Å². The van der Waals surface area contributed by atoms with E-state index in [2.05, 4.69) is 11.8 Å². The van der Waals surface area contributed by atoms with Crippen molar-refractivity contribution in [3.05, 3.63) is 71.5 Å². The Hall–Kier alpha value is -2.07. The van der Waals surface area contributed by atoms with E-state index >= 15 is 0 Å². The van der Waals surface area contributed by atoms with Crippen LogP contribution in [-0.2, 0) is 0 Å². The lowest BCUT2D eigenvalue weighted by molar-refractivity contribution is 0.627. The van der Waals surface area contributed by atoms with Crippen molar-refractivity contribution in [3.63, 3.8) is 0 Å². The zero-order valence-electron chi connectivity index (χ0n) is 8.07. The third-order valence-electron chi connectivity index (χ3n) is 1.97. The molecule has 0 nitrogen and oxygen atoms in total. The predicted molar refractivity (Wildman–Crippen MR) is 58.8 cm³/mol. The summed E-state index contributed by atoms with van der Waals surface area (Å²) in [6, 6.07) is 15.9. The van der Waals surface area contributed by atoms with Gasteiger partial charge in [-0.05, 0) is 36.4 Å². The van der Waals surface area contributed by atoms with Gasteiger partial charge in [-0.1, -0.05) is 30.0 Å². The minimum absolute atomic E-state index is 0.236. The summed E-state index contributed by atoms with van der Waals surface area (Å²) in [7, 11) is 0. The highest BCUT2D eigenvalue weighted by Crippen LogP contribution is 2.01. The first kappa shape index (κ1) is 9.48. The summed E-state index contributed by atoms with van der Waals surface area (Å²) in [5.74, 6) is 5.74. The summed E-state index contributed by atoms with van der Waals surface area (Å²) in [6.07, 6.45) is 0. The summed E-state index contributed by atoms with van der Waals surface area (Å²) in [6.45, 7) is 0. The SMILES string of the molecule is Fc1ccc(C#Cc2ccccc2)cc1. The molecule has 15 heavy (non-hydrogen) atoms. The van der Waals surface area contributed by atoms with Gasteiger partial charge >= 0.3 is 0 Å². The van der Waals surface area contributed by atoms with Crippen LogP contribution in [0.5, 0.6) is 0 Å². The van der Waals surface area contributed by atoms with Crippen molar-refractivity contribution in [3.8, 4) is 11.8 Å².